The molecule has 1 spiro atoms. The molecule has 0 radical (unpaired) electrons. The second kappa shape index (κ2) is 25.8. The summed E-state index contributed by atoms with van der Waals surface area (Å²) in [5, 5.41) is 175. The Morgan fingerprint density at radius 2 is 0.906 bits per heavy atom. The van der Waals surface area contributed by atoms with Gasteiger partial charge in [0.25, 0.3) is 0 Å². The van der Waals surface area contributed by atoms with Crippen LogP contribution in [0.5, 0.6) is 0 Å². The maximum atomic E-state index is 12.0. The smallest absolute Gasteiger partial charge is 0.187 e. The Balaban J connectivity index is 0.793. The molecule has 11 rings (SSSR count). The predicted molar refractivity (Wildman–Crippen MR) is 281 cm³/mol. The number of ether oxygens (including phenoxy) is 12. The second-order valence-corrected chi connectivity index (χ2v) is 27.1. The minimum atomic E-state index is -2.22. The van der Waals surface area contributed by atoms with Crippen molar-refractivity contribution >= 4 is 0 Å². The fourth-order valence-electron chi connectivity index (χ4n) is 17.6. The van der Waals surface area contributed by atoms with E-state index in [1.54, 1.807) is 0 Å². The lowest BCUT2D eigenvalue weighted by atomic mass is 9.44. The van der Waals surface area contributed by atoms with E-state index >= 15 is 0 Å². The Hall–Kier alpha value is -1.12. The summed E-state index contributed by atoms with van der Waals surface area (Å²) in [4.78, 5) is 0. The molecule has 4 aliphatic carbocycles. The second-order valence-electron chi connectivity index (χ2n) is 27.1. The molecule has 85 heavy (non-hydrogen) atoms. The molecule has 37 atom stereocenters. The minimum Gasteiger partial charge on any atom is -0.394 e. The van der Waals surface area contributed by atoms with E-state index in [-0.39, 0.29) is 16.9 Å². The van der Waals surface area contributed by atoms with Crippen molar-refractivity contribution in [3.8, 4) is 0 Å². The summed E-state index contributed by atoms with van der Waals surface area (Å²) in [5.74, 6) is 2.76. The number of fused-ring (bicyclic) bond motifs is 7. The molecular weight excluding hydrogens is 1130 g/mol. The molecule has 0 amide bonds. The summed E-state index contributed by atoms with van der Waals surface area (Å²) in [6.45, 7) is 5.68. The maximum absolute atomic E-state index is 12.0. The summed E-state index contributed by atoms with van der Waals surface area (Å²) < 4.78 is 73.6. The molecule has 0 aromatic rings. The van der Waals surface area contributed by atoms with Crippen molar-refractivity contribution in [1.82, 2.24) is 0 Å². The normalized spacial score (nSPS) is 57.2. The standard InChI is InChI=1S/C57H94O28/c1-21-7-12-57(74-20-21)22(2)34-28(85-57)14-27-25-6-5-23-13-24(8-10-55(23,3)26(25)9-11-56(27,34)4)75-50-44(72)41(69)46(33(19-62)80-50)81-54-49(48(38(66)32(18-61)79-54)83-52-43(71)40(68)36(64)30(16-59)77-52)84-53-45(73)47(37(65)31(17-60)78-53)82-51-42(70)39(67)35(63)29(15-58)76-51/h21-54,58-73H,5-20H2,1-4H3/t21-,22+,23+,24+,25-,26+,27+,28+,29-,30-,31-,32-,33-,34+,35+,36+,37-,38-,39+,40+,41-,42-,43-,44-,45-,46-,47+,48+,49-,50-,51+,52+,53+,54+,55+,56+,57-/m1/s1. The topological polar surface area (TPSA) is 434 Å². The summed E-state index contributed by atoms with van der Waals surface area (Å²) in [7, 11) is 0. The van der Waals surface area contributed by atoms with E-state index in [2.05, 4.69) is 27.7 Å². The molecule has 11 fully saturated rings. The minimum absolute atomic E-state index is 0.0367. The first-order valence-electron chi connectivity index (χ1n) is 30.9. The highest BCUT2D eigenvalue weighted by Crippen LogP contribution is 2.71. The van der Waals surface area contributed by atoms with Crippen LogP contribution in [0, 0.1) is 52.3 Å². The molecule has 7 heterocycles. The average Bonchev–Trinajstić information content (AvgIpc) is 1.59. The molecule has 0 unspecified atom stereocenters. The van der Waals surface area contributed by atoms with E-state index in [1.165, 1.54) is 0 Å². The predicted octanol–water partition coefficient (Wildman–Crippen LogP) is -5.09. The van der Waals surface area contributed by atoms with Crippen LogP contribution in [-0.4, -0.2) is 293 Å². The molecule has 0 bridgehead atoms. The van der Waals surface area contributed by atoms with Gasteiger partial charge in [-0.3, -0.25) is 0 Å². The monoisotopic (exact) mass is 1230 g/mol. The lowest BCUT2D eigenvalue weighted by Gasteiger charge is -2.61. The van der Waals surface area contributed by atoms with Gasteiger partial charge in [-0.25, -0.2) is 0 Å². The van der Waals surface area contributed by atoms with Gasteiger partial charge in [0.1, 0.15) is 122 Å². The van der Waals surface area contributed by atoms with E-state index < -0.39 is 198 Å². The van der Waals surface area contributed by atoms with Crippen LogP contribution in [0.4, 0.5) is 0 Å². The Kier molecular flexibility index (Phi) is 19.8. The Bertz CT molecular complexity index is 2200. The Morgan fingerprint density at radius 1 is 0.412 bits per heavy atom. The number of hydrogen-bond acceptors (Lipinski definition) is 28. The van der Waals surface area contributed by atoms with Gasteiger partial charge in [0.05, 0.1) is 51.8 Å². The molecule has 7 saturated heterocycles. The van der Waals surface area contributed by atoms with Crippen molar-refractivity contribution in [3.63, 3.8) is 0 Å². The number of rotatable bonds is 15. The van der Waals surface area contributed by atoms with Crippen molar-refractivity contribution in [1.29, 1.82) is 0 Å². The summed E-state index contributed by atoms with van der Waals surface area (Å²) in [6.07, 6.45) is -37.8. The third-order valence-corrected chi connectivity index (χ3v) is 22.5. The first-order valence-corrected chi connectivity index (χ1v) is 30.9. The van der Waals surface area contributed by atoms with Gasteiger partial charge in [-0.05, 0) is 104 Å². The maximum Gasteiger partial charge on any atom is 0.187 e. The zero-order chi connectivity index (χ0) is 60.9. The van der Waals surface area contributed by atoms with Gasteiger partial charge in [0, 0.05) is 12.3 Å². The number of aliphatic hydroxyl groups excluding tert-OH is 16. The van der Waals surface area contributed by atoms with Crippen LogP contribution in [0.15, 0.2) is 0 Å². The summed E-state index contributed by atoms with van der Waals surface area (Å²) >= 11 is 0. The zero-order valence-electron chi connectivity index (χ0n) is 48.5. The van der Waals surface area contributed by atoms with Crippen molar-refractivity contribution in [2.24, 2.45) is 52.3 Å². The highest BCUT2D eigenvalue weighted by Gasteiger charge is 2.70. The fraction of sp³-hybridized carbons (Fsp3) is 1.00. The summed E-state index contributed by atoms with van der Waals surface area (Å²) in [6, 6.07) is 0. The van der Waals surface area contributed by atoms with Crippen LogP contribution >= 0.6 is 0 Å². The molecular formula is C57H94O28. The van der Waals surface area contributed by atoms with Crippen molar-refractivity contribution in [3.05, 3.63) is 0 Å². The summed E-state index contributed by atoms with van der Waals surface area (Å²) in [5.41, 5.74) is 0.199. The molecule has 490 valence electrons. The van der Waals surface area contributed by atoms with Crippen molar-refractivity contribution < 1.29 is 139 Å². The molecule has 11 aliphatic rings. The van der Waals surface area contributed by atoms with Crippen LogP contribution in [0.25, 0.3) is 0 Å². The molecule has 16 N–H and O–H groups in total. The van der Waals surface area contributed by atoms with Gasteiger partial charge in [-0.1, -0.05) is 27.7 Å². The molecule has 7 aliphatic heterocycles. The first-order chi connectivity index (χ1) is 40.4. The van der Waals surface area contributed by atoms with Crippen LogP contribution in [0.1, 0.15) is 91.9 Å². The van der Waals surface area contributed by atoms with Gasteiger partial charge in [0.2, 0.25) is 0 Å². The van der Waals surface area contributed by atoms with Crippen LogP contribution < -0.4 is 0 Å². The van der Waals surface area contributed by atoms with Crippen molar-refractivity contribution in [2.75, 3.05) is 39.6 Å². The van der Waals surface area contributed by atoms with Gasteiger partial charge >= 0.3 is 0 Å². The molecule has 0 aromatic heterocycles. The molecule has 0 aromatic carbocycles. The van der Waals surface area contributed by atoms with Crippen LogP contribution in [0.2, 0.25) is 0 Å². The Labute approximate surface area is 492 Å². The lowest BCUT2D eigenvalue weighted by Crippen LogP contribution is -2.69. The van der Waals surface area contributed by atoms with E-state index in [4.69, 9.17) is 56.8 Å². The lowest BCUT2D eigenvalue weighted by molar-refractivity contribution is -0.411. The Morgan fingerprint density at radius 3 is 1.49 bits per heavy atom. The van der Waals surface area contributed by atoms with E-state index in [0.717, 1.165) is 58.0 Å². The van der Waals surface area contributed by atoms with Crippen LogP contribution in [0.3, 0.4) is 0 Å². The molecule has 28 nitrogen and oxygen atoms in total. The number of hydrogen-bond donors (Lipinski definition) is 16. The SMILES string of the molecule is C[C@@H]1CC[C@@]2(OC1)O[C@H]1C[C@H]3[C@@H]4CC[C@H]5C[C@@H](O[C@@H]6O[C@H](CO)[C@@H](O[C@@H]7O[C@H](CO)[C@@H](O)[C@H](O[C@@H]8O[C@H](CO)[C@H](O)[C@H](O)[C@H]8O)[C@H]7O[C@@H]7O[C@H](CO)[C@@H](O)[C@H](O[C@@H]8O[C@H](CO)[C@H](O)[C@H](O)[C@H]8O)[C@H]7O)[C@H](O)[C@H]6O)CC[C@]5(C)[C@H]4CC[C@]3(C)[C@H]1[C@@H]2C. The molecule has 4 saturated carbocycles. The largest absolute Gasteiger partial charge is 0.394 e. The van der Waals surface area contributed by atoms with Crippen molar-refractivity contribution in [2.45, 2.75) is 263 Å². The van der Waals surface area contributed by atoms with Crippen LogP contribution in [-0.2, 0) is 56.8 Å². The average molecular weight is 1230 g/mol. The van der Waals surface area contributed by atoms with Gasteiger partial charge < -0.3 is 139 Å². The highest BCUT2D eigenvalue weighted by molar-refractivity contribution is 5.16. The van der Waals surface area contributed by atoms with Gasteiger partial charge in [0.15, 0.2) is 37.2 Å². The third kappa shape index (κ3) is 11.5. The number of aliphatic hydroxyl groups is 16. The van der Waals surface area contributed by atoms with E-state index in [0.29, 0.717) is 54.3 Å². The third-order valence-electron chi connectivity index (χ3n) is 22.5. The van der Waals surface area contributed by atoms with E-state index in [1.807, 2.05) is 0 Å². The zero-order valence-corrected chi connectivity index (χ0v) is 48.5. The first kappa shape index (κ1) is 65.4. The van der Waals surface area contributed by atoms with Gasteiger partial charge in [-0.2, -0.15) is 0 Å². The molecule has 28 heteroatoms. The van der Waals surface area contributed by atoms with E-state index in [9.17, 15) is 81.7 Å². The highest BCUT2D eigenvalue weighted by atomic mass is 16.8. The van der Waals surface area contributed by atoms with Gasteiger partial charge in [-0.15, -0.1) is 0 Å². The fourth-order valence-corrected chi connectivity index (χ4v) is 17.6. The quantitative estimate of drug-likeness (QED) is 0.0682.